The van der Waals surface area contributed by atoms with Gasteiger partial charge in [-0.2, -0.15) is 0 Å². The third-order valence-electron chi connectivity index (χ3n) is 11.8. The first-order chi connectivity index (χ1) is 27.7. The van der Waals surface area contributed by atoms with Gasteiger partial charge < -0.3 is 25.3 Å². The molecule has 13 nitrogen and oxygen atoms in total. The third-order valence-corrected chi connectivity index (χ3v) is 11.8. The fourth-order valence-electron chi connectivity index (χ4n) is 8.94. The predicted octanol–water partition coefficient (Wildman–Crippen LogP) is 5.72. The molecule has 2 N–H and O–H groups in total. The van der Waals surface area contributed by atoms with Crippen LogP contribution in [0.4, 0.5) is 26.2 Å². The molecule has 57 heavy (non-hydrogen) atoms. The fraction of sp³-hybridized carbons (Fsp3) is 0.357. The summed E-state index contributed by atoms with van der Waals surface area (Å²) in [7, 11) is 2.16. The van der Waals surface area contributed by atoms with Crippen LogP contribution in [0.15, 0.2) is 65.5 Å². The van der Waals surface area contributed by atoms with E-state index in [0.717, 1.165) is 116 Å². The first kappa shape index (κ1) is 34.3. The predicted molar refractivity (Wildman–Crippen MR) is 220 cm³/mol. The van der Waals surface area contributed by atoms with Crippen LogP contribution in [0.3, 0.4) is 0 Å². The van der Waals surface area contributed by atoms with Gasteiger partial charge in [0.15, 0.2) is 28.7 Å². The number of benzene rings is 2. The van der Waals surface area contributed by atoms with Crippen LogP contribution in [0.1, 0.15) is 33.1 Å². The standard InChI is InChI=1S/C42H42F2N12O/c1-23-21-53(22-24(2)45-23)37-12-10-33-40(50-37)56-34-20-29(44)28(43)19-31(34)48-41(56)42(57)54(33)27-7-9-32-25(17-27)18-35-38(46-26-5-6-26)47-30-8-11-36(49-39(30)55(32)35)52-14-4-13-51(3)15-16-52/h7-12,17-20,23-24,26,45H,4-6,13-16,21-22H2,1-3H3,(H,46,47)/t23-,24+. The highest BCUT2D eigenvalue weighted by Crippen LogP contribution is 2.35. The number of anilines is 3. The minimum absolute atomic E-state index is 0.0267. The fourth-order valence-corrected chi connectivity index (χ4v) is 8.94. The summed E-state index contributed by atoms with van der Waals surface area (Å²) in [6, 6.07) is 19.0. The minimum atomic E-state index is -1.03. The zero-order valence-corrected chi connectivity index (χ0v) is 32.0. The van der Waals surface area contributed by atoms with Gasteiger partial charge in [0, 0.05) is 68.4 Å². The number of likely N-dealkylation sites (N-methyl/N-ethyl adjacent to an activating group) is 1. The Balaban J connectivity index is 1.13. The highest BCUT2D eigenvalue weighted by molar-refractivity contribution is 5.98. The zero-order chi connectivity index (χ0) is 38.7. The number of aromatic nitrogens is 7. The van der Waals surface area contributed by atoms with Gasteiger partial charge in [0.25, 0.3) is 5.56 Å². The Morgan fingerprint density at radius 3 is 2.26 bits per heavy atom. The molecule has 2 atom stereocenters. The van der Waals surface area contributed by atoms with Crippen LogP contribution < -0.4 is 26.0 Å². The van der Waals surface area contributed by atoms with Gasteiger partial charge in [-0.25, -0.2) is 28.7 Å². The molecule has 2 saturated heterocycles. The van der Waals surface area contributed by atoms with Crippen LogP contribution in [0.5, 0.6) is 0 Å². The number of halogens is 2. The Morgan fingerprint density at radius 1 is 0.684 bits per heavy atom. The summed E-state index contributed by atoms with van der Waals surface area (Å²) in [6.45, 7) is 9.61. The topological polar surface area (TPSA) is 116 Å². The van der Waals surface area contributed by atoms with Crippen molar-refractivity contribution in [1.29, 1.82) is 0 Å². The average molecular weight is 769 g/mol. The van der Waals surface area contributed by atoms with Crippen LogP contribution in [-0.4, -0.2) is 103 Å². The van der Waals surface area contributed by atoms with Gasteiger partial charge in [0.2, 0.25) is 5.65 Å². The van der Waals surface area contributed by atoms with Crippen molar-refractivity contribution in [2.24, 2.45) is 0 Å². The molecule has 290 valence electrons. The van der Waals surface area contributed by atoms with E-state index >= 15 is 0 Å². The largest absolute Gasteiger partial charge is 0.366 e. The Kier molecular flexibility index (Phi) is 7.71. The maximum absolute atomic E-state index is 14.8. The Hall–Kier alpha value is -5.93. The van der Waals surface area contributed by atoms with Crippen LogP contribution in [0.2, 0.25) is 0 Å². The van der Waals surface area contributed by atoms with E-state index in [1.54, 1.807) is 8.97 Å². The monoisotopic (exact) mass is 768 g/mol. The number of nitrogens with one attached hydrogen (secondary N) is 2. The van der Waals surface area contributed by atoms with Gasteiger partial charge in [-0.15, -0.1) is 0 Å². The Labute approximate surface area is 325 Å². The molecule has 0 unspecified atom stereocenters. The van der Waals surface area contributed by atoms with Crippen molar-refractivity contribution in [2.45, 2.75) is 51.2 Å². The summed E-state index contributed by atoms with van der Waals surface area (Å²) < 4.78 is 34.7. The Bertz CT molecular complexity index is 3000. The summed E-state index contributed by atoms with van der Waals surface area (Å²) in [5.41, 5.74) is 4.97. The molecule has 1 aliphatic carbocycles. The lowest BCUT2D eigenvalue weighted by Crippen LogP contribution is -2.54. The number of rotatable bonds is 5. The first-order valence-electron chi connectivity index (χ1n) is 19.9. The highest BCUT2D eigenvalue weighted by Gasteiger charge is 2.27. The third kappa shape index (κ3) is 5.65. The van der Waals surface area contributed by atoms with Gasteiger partial charge in [-0.05, 0) is 95.2 Å². The normalized spacial score (nSPS) is 19.9. The van der Waals surface area contributed by atoms with E-state index in [-0.39, 0.29) is 28.8 Å². The van der Waals surface area contributed by atoms with Crippen LogP contribution in [0.25, 0.3) is 61.1 Å². The molecular weight excluding hydrogens is 727 g/mol. The maximum atomic E-state index is 14.8. The van der Waals surface area contributed by atoms with Gasteiger partial charge in [0.05, 0.1) is 33.3 Å². The van der Waals surface area contributed by atoms with Crippen molar-refractivity contribution < 1.29 is 8.78 Å². The van der Waals surface area contributed by atoms with E-state index in [0.29, 0.717) is 22.9 Å². The SMILES string of the molecule is C[C@@H]1CN(c2ccc3c(n2)n2c(nc4cc(F)c(F)cc42)c(=O)n3-c2ccc3c(c2)cc2c(NC4CC4)nc4ccc(N5CCCN(C)CC5)nc4n23)C[C@H](C)N1. The van der Waals surface area contributed by atoms with Crippen LogP contribution in [0, 0.1) is 11.6 Å². The average Bonchev–Trinajstić information content (AvgIpc) is 3.88. The molecule has 2 aliphatic heterocycles. The molecule has 1 saturated carbocycles. The first-order valence-corrected chi connectivity index (χ1v) is 19.9. The highest BCUT2D eigenvalue weighted by atomic mass is 19.2. The van der Waals surface area contributed by atoms with Crippen molar-refractivity contribution in [1.82, 2.24) is 43.5 Å². The van der Waals surface area contributed by atoms with E-state index in [1.807, 2.05) is 30.3 Å². The van der Waals surface area contributed by atoms with Crippen molar-refractivity contribution in [2.75, 3.05) is 61.4 Å². The lowest BCUT2D eigenvalue weighted by Gasteiger charge is -2.37. The summed E-state index contributed by atoms with van der Waals surface area (Å²) in [4.78, 5) is 41.6. The van der Waals surface area contributed by atoms with E-state index < -0.39 is 17.2 Å². The lowest BCUT2D eigenvalue weighted by atomic mass is 10.1. The van der Waals surface area contributed by atoms with Crippen LogP contribution >= 0.6 is 0 Å². The van der Waals surface area contributed by atoms with E-state index in [9.17, 15) is 13.6 Å². The molecule has 11 rings (SSSR count). The van der Waals surface area contributed by atoms with Gasteiger partial charge in [-0.3, -0.25) is 18.2 Å². The number of piperazine rings is 1. The summed E-state index contributed by atoms with van der Waals surface area (Å²) in [5, 5.41) is 8.11. The van der Waals surface area contributed by atoms with Gasteiger partial charge >= 0.3 is 0 Å². The second-order valence-corrected chi connectivity index (χ2v) is 16.2. The van der Waals surface area contributed by atoms with E-state index in [2.05, 4.69) is 73.8 Å². The number of imidazole rings is 1. The maximum Gasteiger partial charge on any atom is 0.299 e. The molecular formula is C42H42F2N12O. The number of nitrogens with zero attached hydrogens (tertiary/aromatic N) is 10. The Morgan fingerprint density at radius 2 is 1.44 bits per heavy atom. The van der Waals surface area contributed by atoms with Crippen molar-refractivity contribution in [3.8, 4) is 5.69 Å². The molecule has 0 amide bonds. The second-order valence-electron chi connectivity index (χ2n) is 16.2. The van der Waals surface area contributed by atoms with Crippen molar-refractivity contribution in [3.63, 3.8) is 0 Å². The number of hydrogen-bond acceptors (Lipinski definition) is 10. The zero-order valence-electron chi connectivity index (χ0n) is 32.0. The molecule has 2 aromatic carbocycles. The number of fused-ring (bicyclic) bond motifs is 10. The summed E-state index contributed by atoms with van der Waals surface area (Å²) >= 11 is 0. The van der Waals surface area contributed by atoms with E-state index in [4.69, 9.17) is 15.0 Å². The minimum Gasteiger partial charge on any atom is -0.366 e. The molecule has 0 radical (unpaired) electrons. The van der Waals surface area contributed by atoms with Gasteiger partial charge in [-0.1, -0.05) is 0 Å². The molecule has 8 aromatic rings. The molecule has 0 spiro atoms. The quantitative estimate of drug-likeness (QED) is 0.226. The lowest BCUT2D eigenvalue weighted by molar-refractivity contribution is 0.360. The number of hydrogen-bond donors (Lipinski definition) is 2. The summed E-state index contributed by atoms with van der Waals surface area (Å²) in [6.07, 6.45) is 3.26. The van der Waals surface area contributed by atoms with Crippen molar-refractivity contribution >= 4 is 72.9 Å². The smallest absolute Gasteiger partial charge is 0.299 e. The number of pyridine rings is 2. The van der Waals surface area contributed by atoms with E-state index in [1.165, 1.54) is 0 Å². The molecule has 3 fully saturated rings. The molecule has 0 bridgehead atoms. The molecule has 6 aromatic heterocycles. The van der Waals surface area contributed by atoms with Crippen LogP contribution in [-0.2, 0) is 0 Å². The molecule has 3 aliphatic rings. The van der Waals surface area contributed by atoms with Crippen molar-refractivity contribution in [3.05, 3.63) is 82.7 Å². The molecule has 8 heterocycles. The van der Waals surface area contributed by atoms with Gasteiger partial charge in [0.1, 0.15) is 17.2 Å². The second kappa shape index (κ2) is 12.8. The summed E-state index contributed by atoms with van der Waals surface area (Å²) in [5.74, 6) is 0.401. The molecule has 15 heteroatoms.